The second-order valence-electron chi connectivity index (χ2n) is 8.70. The fraction of sp³-hybridized carbons (Fsp3) is 0.259. The number of benzene rings is 2. The van der Waals surface area contributed by atoms with Gasteiger partial charge in [-0.05, 0) is 49.6 Å². The number of imidazole rings is 1. The summed E-state index contributed by atoms with van der Waals surface area (Å²) in [6, 6.07) is 13.7. The maximum absolute atomic E-state index is 13.6. The molecule has 2 aromatic heterocycles. The van der Waals surface area contributed by atoms with Crippen LogP contribution in [0.15, 0.2) is 73.3 Å². The summed E-state index contributed by atoms with van der Waals surface area (Å²) >= 11 is 0. The minimum absolute atomic E-state index is 0.00427. The number of halogens is 1. The SMILES string of the molecule is Cc1nccn1Cc1cccc(C(=O)N2CCCC(c3nccnc3Oc3cccc(F)c3)C2)c1. The third-order valence-corrected chi connectivity index (χ3v) is 6.25. The Labute approximate surface area is 203 Å². The molecule has 35 heavy (non-hydrogen) atoms. The molecular weight excluding hydrogens is 445 g/mol. The monoisotopic (exact) mass is 471 g/mol. The van der Waals surface area contributed by atoms with Gasteiger partial charge >= 0.3 is 0 Å². The molecular formula is C27H26FN5O2. The summed E-state index contributed by atoms with van der Waals surface area (Å²) in [6.45, 7) is 3.82. The molecule has 7 nitrogen and oxygen atoms in total. The summed E-state index contributed by atoms with van der Waals surface area (Å²) in [5.41, 5.74) is 2.39. The van der Waals surface area contributed by atoms with Crippen molar-refractivity contribution in [3.05, 3.63) is 102 Å². The van der Waals surface area contributed by atoms with E-state index >= 15 is 0 Å². The second-order valence-corrected chi connectivity index (χ2v) is 8.70. The standard InChI is InChI=1S/C27H26FN5O2/c1-19-29-12-14-32(19)17-20-5-2-6-21(15-20)27(34)33-13-4-7-22(18-33)25-26(31-11-10-30-25)35-24-9-3-8-23(28)16-24/h2-3,5-6,8-12,14-16,22H,4,7,13,17-18H2,1H3. The van der Waals surface area contributed by atoms with E-state index in [-0.39, 0.29) is 17.6 Å². The quantitative estimate of drug-likeness (QED) is 0.397. The summed E-state index contributed by atoms with van der Waals surface area (Å²) in [6.07, 6.45) is 8.59. The number of ether oxygens (including phenoxy) is 1. The van der Waals surface area contributed by atoms with E-state index in [4.69, 9.17) is 4.74 Å². The highest BCUT2D eigenvalue weighted by atomic mass is 19.1. The van der Waals surface area contributed by atoms with Gasteiger partial charge in [0, 0.05) is 62.0 Å². The number of carbonyl (C=O) groups excluding carboxylic acids is 1. The van der Waals surface area contributed by atoms with Gasteiger partial charge < -0.3 is 14.2 Å². The Kier molecular flexibility index (Phi) is 6.52. The van der Waals surface area contributed by atoms with Gasteiger partial charge in [-0.3, -0.25) is 9.78 Å². The van der Waals surface area contributed by atoms with Crippen LogP contribution in [0.25, 0.3) is 0 Å². The molecule has 1 saturated heterocycles. The molecule has 0 N–H and O–H groups in total. The Hall–Kier alpha value is -4.07. The summed E-state index contributed by atoms with van der Waals surface area (Å²) in [4.78, 5) is 28.4. The van der Waals surface area contributed by atoms with Crippen LogP contribution in [0.1, 0.15) is 46.2 Å². The number of amides is 1. The number of rotatable bonds is 6. The highest BCUT2D eigenvalue weighted by molar-refractivity contribution is 5.94. The molecule has 1 atom stereocenters. The Bertz CT molecular complexity index is 1340. The first-order valence-electron chi connectivity index (χ1n) is 11.7. The molecule has 3 heterocycles. The average molecular weight is 472 g/mol. The minimum Gasteiger partial charge on any atom is -0.437 e. The van der Waals surface area contributed by atoms with E-state index in [1.165, 1.54) is 12.1 Å². The maximum Gasteiger partial charge on any atom is 0.253 e. The van der Waals surface area contributed by atoms with E-state index in [9.17, 15) is 9.18 Å². The Morgan fingerprint density at radius 2 is 1.94 bits per heavy atom. The van der Waals surface area contributed by atoms with Crippen molar-refractivity contribution in [2.45, 2.75) is 32.2 Å². The van der Waals surface area contributed by atoms with Crippen molar-refractivity contribution in [1.29, 1.82) is 0 Å². The van der Waals surface area contributed by atoms with E-state index in [0.717, 1.165) is 24.2 Å². The Morgan fingerprint density at radius 1 is 1.09 bits per heavy atom. The molecule has 178 valence electrons. The van der Waals surface area contributed by atoms with E-state index in [1.807, 2.05) is 42.3 Å². The lowest BCUT2D eigenvalue weighted by atomic mass is 9.94. The zero-order valence-corrected chi connectivity index (χ0v) is 19.5. The van der Waals surface area contributed by atoms with Crippen molar-refractivity contribution >= 4 is 5.91 Å². The molecule has 1 aliphatic heterocycles. The van der Waals surface area contributed by atoms with E-state index in [1.54, 1.807) is 30.7 Å². The first-order valence-corrected chi connectivity index (χ1v) is 11.7. The van der Waals surface area contributed by atoms with Crippen LogP contribution in [-0.2, 0) is 6.54 Å². The molecule has 2 aromatic carbocycles. The van der Waals surface area contributed by atoms with Crippen molar-refractivity contribution in [2.75, 3.05) is 13.1 Å². The molecule has 1 fully saturated rings. The lowest BCUT2D eigenvalue weighted by Crippen LogP contribution is -2.39. The van der Waals surface area contributed by atoms with Gasteiger partial charge in [0.1, 0.15) is 23.1 Å². The highest BCUT2D eigenvalue weighted by Gasteiger charge is 2.29. The Balaban J connectivity index is 1.32. The lowest BCUT2D eigenvalue weighted by Gasteiger charge is -2.33. The van der Waals surface area contributed by atoms with Gasteiger partial charge in [0.25, 0.3) is 5.91 Å². The van der Waals surface area contributed by atoms with Crippen LogP contribution in [0, 0.1) is 12.7 Å². The molecule has 8 heteroatoms. The van der Waals surface area contributed by atoms with Crippen LogP contribution in [0.5, 0.6) is 11.6 Å². The van der Waals surface area contributed by atoms with Gasteiger partial charge in [0.15, 0.2) is 0 Å². The number of likely N-dealkylation sites (tertiary alicyclic amines) is 1. The Morgan fingerprint density at radius 3 is 2.77 bits per heavy atom. The third-order valence-electron chi connectivity index (χ3n) is 6.25. The van der Waals surface area contributed by atoms with Crippen molar-refractivity contribution < 1.29 is 13.9 Å². The van der Waals surface area contributed by atoms with Crippen LogP contribution < -0.4 is 4.74 Å². The van der Waals surface area contributed by atoms with Gasteiger partial charge in [-0.15, -0.1) is 0 Å². The van der Waals surface area contributed by atoms with Crippen LogP contribution >= 0.6 is 0 Å². The largest absolute Gasteiger partial charge is 0.437 e. The number of nitrogens with zero attached hydrogens (tertiary/aromatic N) is 5. The summed E-state index contributed by atoms with van der Waals surface area (Å²) in [5.74, 6) is 1.22. The number of aryl methyl sites for hydroxylation is 1. The normalized spacial score (nSPS) is 15.7. The lowest BCUT2D eigenvalue weighted by molar-refractivity contribution is 0.0704. The molecule has 0 saturated carbocycles. The number of aromatic nitrogens is 4. The second kappa shape index (κ2) is 10.0. The van der Waals surface area contributed by atoms with Crippen molar-refractivity contribution in [1.82, 2.24) is 24.4 Å². The number of hydrogen-bond acceptors (Lipinski definition) is 5. The summed E-state index contributed by atoms with van der Waals surface area (Å²) in [7, 11) is 0. The molecule has 1 aliphatic rings. The topological polar surface area (TPSA) is 73.1 Å². The fourth-order valence-corrected chi connectivity index (χ4v) is 4.47. The zero-order chi connectivity index (χ0) is 24.2. The molecule has 0 aliphatic carbocycles. The first kappa shape index (κ1) is 22.7. The molecule has 4 aromatic rings. The van der Waals surface area contributed by atoms with Gasteiger partial charge in [0.05, 0.1) is 0 Å². The van der Waals surface area contributed by atoms with Gasteiger partial charge in [-0.25, -0.2) is 14.4 Å². The highest BCUT2D eigenvalue weighted by Crippen LogP contribution is 2.33. The maximum atomic E-state index is 13.6. The van der Waals surface area contributed by atoms with Crippen molar-refractivity contribution in [2.24, 2.45) is 0 Å². The summed E-state index contributed by atoms with van der Waals surface area (Å²) < 4.78 is 21.5. The smallest absolute Gasteiger partial charge is 0.253 e. The first-order chi connectivity index (χ1) is 17.1. The predicted molar refractivity (Wildman–Crippen MR) is 129 cm³/mol. The number of hydrogen-bond donors (Lipinski definition) is 0. The summed E-state index contributed by atoms with van der Waals surface area (Å²) in [5, 5.41) is 0. The molecule has 1 unspecified atom stereocenters. The molecule has 1 amide bonds. The molecule has 0 spiro atoms. The number of carbonyl (C=O) groups is 1. The predicted octanol–water partition coefficient (Wildman–Crippen LogP) is 4.98. The zero-order valence-electron chi connectivity index (χ0n) is 19.5. The molecule has 0 bridgehead atoms. The minimum atomic E-state index is -0.382. The molecule has 0 radical (unpaired) electrons. The average Bonchev–Trinajstić information content (AvgIpc) is 3.28. The van der Waals surface area contributed by atoms with E-state index in [0.29, 0.717) is 42.5 Å². The van der Waals surface area contributed by atoms with Crippen LogP contribution in [0.3, 0.4) is 0 Å². The third kappa shape index (κ3) is 5.21. The van der Waals surface area contributed by atoms with E-state index in [2.05, 4.69) is 19.5 Å². The van der Waals surface area contributed by atoms with Crippen LogP contribution in [-0.4, -0.2) is 43.4 Å². The van der Waals surface area contributed by atoms with Gasteiger partial charge in [-0.1, -0.05) is 18.2 Å². The molecule has 5 rings (SSSR count). The van der Waals surface area contributed by atoms with E-state index < -0.39 is 0 Å². The van der Waals surface area contributed by atoms with Crippen LogP contribution in [0.4, 0.5) is 4.39 Å². The van der Waals surface area contributed by atoms with Crippen molar-refractivity contribution in [3.8, 4) is 11.6 Å². The van der Waals surface area contributed by atoms with Gasteiger partial charge in [-0.2, -0.15) is 0 Å². The number of piperidine rings is 1. The van der Waals surface area contributed by atoms with Crippen LogP contribution in [0.2, 0.25) is 0 Å². The van der Waals surface area contributed by atoms with Gasteiger partial charge in [0.2, 0.25) is 5.88 Å². The van der Waals surface area contributed by atoms with Crippen molar-refractivity contribution in [3.63, 3.8) is 0 Å². The fourth-order valence-electron chi connectivity index (χ4n) is 4.47.